The van der Waals surface area contributed by atoms with Gasteiger partial charge in [0.15, 0.2) is 0 Å². The summed E-state index contributed by atoms with van der Waals surface area (Å²) in [6, 6.07) is 0. The van der Waals surface area contributed by atoms with Crippen LogP contribution < -0.4 is 0 Å². The van der Waals surface area contributed by atoms with Crippen LogP contribution in [0.3, 0.4) is 0 Å². The lowest BCUT2D eigenvalue weighted by Gasteiger charge is -2.38. The molecule has 1 nitrogen and oxygen atoms in total. The van der Waals surface area contributed by atoms with Gasteiger partial charge in [0.25, 0.3) is 0 Å². The zero-order chi connectivity index (χ0) is 8.53. The van der Waals surface area contributed by atoms with Crippen molar-refractivity contribution >= 4 is 0 Å². The van der Waals surface area contributed by atoms with Gasteiger partial charge < -0.3 is 5.11 Å². The second-order valence-electron chi connectivity index (χ2n) is 5.98. The van der Waals surface area contributed by atoms with Crippen LogP contribution in [0.5, 0.6) is 0 Å². The van der Waals surface area contributed by atoms with Crippen molar-refractivity contribution in [2.75, 3.05) is 0 Å². The summed E-state index contributed by atoms with van der Waals surface area (Å²) in [5.41, 5.74) is 0.558. The molecule has 2 bridgehead atoms. The first-order valence-corrected chi connectivity index (χ1v) is 5.64. The third-order valence-corrected chi connectivity index (χ3v) is 6.27. The summed E-state index contributed by atoms with van der Waals surface area (Å²) in [6.45, 7) is 4.05. The van der Waals surface area contributed by atoms with Crippen molar-refractivity contribution in [1.29, 1.82) is 0 Å². The van der Waals surface area contributed by atoms with Gasteiger partial charge in [0, 0.05) is 0 Å². The standard InChI is InChI=1S/C12H14O/c1-2-12-9-4-3-5(13)7(11(9)12)8-6(4)10(8)12/h2,4-11,13H,1,3H2/t4-,5-,6-,7+,8-,9+,10-,11+,12-/m0/s1. The predicted molar refractivity (Wildman–Crippen MR) is 47.7 cm³/mol. The van der Waals surface area contributed by atoms with E-state index in [1.807, 2.05) is 0 Å². The zero-order valence-electron chi connectivity index (χ0n) is 7.56. The number of hydrogen-bond acceptors (Lipinski definition) is 1. The highest BCUT2D eigenvalue weighted by atomic mass is 16.3. The van der Waals surface area contributed by atoms with Crippen molar-refractivity contribution in [1.82, 2.24) is 0 Å². The normalized spacial score (nSPS) is 84.1. The maximum atomic E-state index is 9.98. The van der Waals surface area contributed by atoms with Crippen molar-refractivity contribution in [3.63, 3.8) is 0 Å². The van der Waals surface area contributed by atoms with Gasteiger partial charge in [0.2, 0.25) is 0 Å². The molecule has 6 rings (SSSR count). The van der Waals surface area contributed by atoms with Crippen molar-refractivity contribution < 1.29 is 5.11 Å². The molecule has 9 atom stereocenters. The summed E-state index contributed by atoms with van der Waals surface area (Å²) < 4.78 is 0. The lowest BCUT2D eigenvalue weighted by atomic mass is 9.69. The molecule has 0 aromatic heterocycles. The average Bonchev–Trinajstić information content (AvgIpc) is 2.94. The summed E-state index contributed by atoms with van der Waals surface area (Å²) in [5.74, 6) is 6.38. The molecule has 13 heavy (non-hydrogen) atoms. The fraction of sp³-hybridized carbons (Fsp3) is 0.833. The van der Waals surface area contributed by atoms with Gasteiger partial charge in [0.1, 0.15) is 0 Å². The molecule has 0 saturated heterocycles. The minimum Gasteiger partial charge on any atom is -0.393 e. The van der Waals surface area contributed by atoms with E-state index in [2.05, 4.69) is 12.7 Å². The Labute approximate surface area is 77.8 Å². The molecule has 68 valence electrons. The van der Waals surface area contributed by atoms with E-state index in [0.29, 0.717) is 11.3 Å². The second-order valence-corrected chi connectivity index (χ2v) is 5.98. The monoisotopic (exact) mass is 174 g/mol. The van der Waals surface area contributed by atoms with E-state index in [4.69, 9.17) is 0 Å². The van der Waals surface area contributed by atoms with Gasteiger partial charge in [-0.15, -0.1) is 6.58 Å². The summed E-state index contributed by atoms with van der Waals surface area (Å²) in [5, 5.41) is 9.98. The van der Waals surface area contributed by atoms with Crippen LogP contribution in [-0.4, -0.2) is 11.2 Å². The Morgan fingerprint density at radius 3 is 2.54 bits per heavy atom. The number of fused-ring (bicyclic) bond motifs is 1. The molecular formula is C12H14O. The fourth-order valence-corrected chi connectivity index (χ4v) is 6.34. The van der Waals surface area contributed by atoms with Gasteiger partial charge in [-0.1, -0.05) is 6.08 Å². The molecule has 0 amide bonds. The van der Waals surface area contributed by atoms with E-state index >= 15 is 0 Å². The van der Waals surface area contributed by atoms with E-state index in [1.54, 1.807) is 0 Å². The quantitative estimate of drug-likeness (QED) is 0.594. The highest BCUT2D eigenvalue weighted by Crippen LogP contribution is 2.97. The van der Waals surface area contributed by atoms with Crippen LogP contribution in [0, 0.1) is 46.8 Å². The largest absolute Gasteiger partial charge is 0.393 e. The Bertz CT molecular complexity index is 345. The van der Waals surface area contributed by atoms with Gasteiger partial charge >= 0.3 is 0 Å². The summed E-state index contributed by atoms with van der Waals surface area (Å²) in [4.78, 5) is 0. The number of allylic oxidation sites excluding steroid dienone is 1. The van der Waals surface area contributed by atoms with Crippen molar-refractivity contribution in [2.24, 2.45) is 46.8 Å². The molecule has 6 saturated carbocycles. The molecule has 0 aromatic rings. The predicted octanol–water partition coefficient (Wildman–Crippen LogP) is 1.29. The van der Waals surface area contributed by atoms with Gasteiger partial charge in [-0.25, -0.2) is 0 Å². The number of rotatable bonds is 1. The van der Waals surface area contributed by atoms with Gasteiger partial charge in [-0.05, 0) is 53.3 Å². The maximum Gasteiger partial charge on any atom is 0.0577 e. The Balaban J connectivity index is 1.80. The molecule has 0 unspecified atom stereocenters. The number of hydrogen-bond donors (Lipinski definition) is 1. The van der Waals surface area contributed by atoms with Crippen LogP contribution in [0.4, 0.5) is 0 Å². The molecule has 1 N–H and O–H groups in total. The van der Waals surface area contributed by atoms with E-state index in [-0.39, 0.29) is 6.10 Å². The Hall–Kier alpha value is -0.300. The lowest BCUT2D eigenvalue weighted by Crippen LogP contribution is -2.39. The summed E-state index contributed by atoms with van der Waals surface area (Å²) in [7, 11) is 0. The summed E-state index contributed by atoms with van der Waals surface area (Å²) >= 11 is 0. The molecule has 0 radical (unpaired) electrons. The van der Waals surface area contributed by atoms with Crippen LogP contribution >= 0.6 is 0 Å². The Morgan fingerprint density at radius 2 is 2.00 bits per heavy atom. The maximum absolute atomic E-state index is 9.98. The zero-order valence-corrected chi connectivity index (χ0v) is 7.56. The molecular weight excluding hydrogens is 160 g/mol. The SMILES string of the molecule is C=C[C@]12[C@@H]3[C@@H]4[C@@H]5[C@@H]1[C@H]2[C@@H](C[C@@H]5O)[C@@H]43. The van der Waals surface area contributed by atoms with Gasteiger partial charge in [-0.2, -0.15) is 0 Å². The first-order chi connectivity index (χ1) is 6.32. The Kier molecular flexibility index (Phi) is 0.639. The van der Waals surface area contributed by atoms with E-state index in [1.165, 1.54) is 0 Å². The van der Waals surface area contributed by atoms with Crippen LogP contribution in [0.1, 0.15) is 6.42 Å². The van der Waals surface area contributed by atoms with Gasteiger partial charge in [0.05, 0.1) is 6.10 Å². The molecule has 6 aliphatic carbocycles. The third kappa shape index (κ3) is 0.342. The smallest absolute Gasteiger partial charge is 0.0577 e. The number of aliphatic hydroxyl groups excluding tert-OH is 1. The van der Waals surface area contributed by atoms with Gasteiger partial charge in [-0.3, -0.25) is 0 Å². The summed E-state index contributed by atoms with van der Waals surface area (Å²) in [6.07, 6.45) is 3.44. The molecule has 6 fully saturated rings. The van der Waals surface area contributed by atoms with Crippen molar-refractivity contribution in [2.45, 2.75) is 12.5 Å². The third-order valence-electron chi connectivity index (χ3n) is 6.27. The molecule has 6 aliphatic rings. The number of aliphatic hydroxyl groups is 1. The van der Waals surface area contributed by atoms with E-state index in [0.717, 1.165) is 41.9 Å². The van der Waals surface area contributed by atoms with Crippen molar-refractivity contribution in [3.05, 3.63) is 12.7 Å². The minimum absolute atomic E-state index is 0.0572. The molecule has 0 aliphatic heterocycles. The molecule has 0 heterocycles. The lowest BCUT2D eigenvalue weighted by molar-refractivity contribution is -0.0127. The molecule has 0 aromatic carbocycles. The fourth-order valence-electron chi connectivity index (χ4n) is 6.34. The van der Waals surface area contributed by atoms with Crippen LogP contribution in [0.25, 0.3) is 0 Å². The van der Waals surface area contributed by atoms with Crippen LogP contribution in [0.2, 0.25) is 0 Å². The second kappa shape index (κ2) is 1.33. The minimum atomic E-state index is 0.0572. The first-order valence-electron chi connectivity index (χ1n) is 5.64. The Morgan fingerprint density at radius 1 is 1.15 bits per heavy atom. The topological polar surface area (TPSA) is 20.2 Å². The highest BCUT2D eigenvalue weighted by molar-refractivity contribution is 5.45. The van der Waals surface area contributed by atoms with Crippen LogP contribution in [-0.2, 0) is 0 Å². The molecule has 1 heteroatoms. The van der Waals surface area contributed by atoms with E-state index in [9.17, 15) is 5.11 Å². The first kappa shape index (κ1) is 6.23. The molecule has 0 spiro atoms. The van der Waals surface area contributed by atoms with E-state index < -0.39 is 0 Å². The average molecular weight is 174 g/mol. The van der Waals surface area contributed by atoms with Crippen LogP contribution in [0.15, 0.2) is 12.7 Å². The highest BCUT2D eigenvalue weighted by Gasteiger charge is 2.95. The van der Waals surface area contributed by atoms with Crippen molar-refractivity contribution in [3.8, 4) is 0 Å².